The van der Waals surface area contributed by atoms with Crippen molar-refractivity contribution in [3.05, 3.63) is 58.0 Å². The highest BCUT2D eigenvalue weighted by Crippen LogP contribution is 2.22. The third kappa shape index (κ3) is 6.60. The van der Waals surface area contributed by atoms with Gasteiger partial charge in [0, 0.05) is 24.7 Å². The minimum Gasteiger partial charge on any atom is -0.460 e. The molecule has 0 fully saturated rings. The summed E-state index contributed by atoms with van der Waals surface area (Å²) in [4.78, 5) is 24.5. The van der Waals surface area contributed by atoms with Crippen molar-refractivity contribution in [1.29, 1.82) is 5.26 Å². The van der Waals surface area contributed by atoms with Gasteiger partial charge in [-0.15, -0.1) is 0 Å². The molecular weight excluding hydrogens is 364 g/mol. The van der Waals surface area contributed by atoms with Crippen molar-refractivity contribution in [3.63, 3.8) is 0 Å². The highest BCUT2D eigenvalue weighted by molar-refractivity contribution is 5.71. The van der Waals surface area contributed by atoms with Gasteiger partial charge in [0.05, 0.1) is 0 Å². The number of hydrogen-bond donors (Lipinski definition) is 0. The van der Waals surface area contributed by atoms with Crippen LogP contribution in [0.25, 0.3) is 11.1 Å². The Bertz CT molecular complexity index is 942. The highest BCUT2D eigenvalue weighted by atomic mass is 16.6. The molecule has 0 unspecified atom stereocenters. The van der Waals surface area contributed by atoms with E-state index < -0.39 is 5.60 Å². The van der Waals surface area contributed by atoms with Gasteiger partial charge in [-0.2, -0.15) is 5.26 Å². The summed E-state index contributed by atoms with van der Waals surface area (Å²) in [5.74, 6) is 0.263. The lowest BCUT2D eigenvalue weighted by Gasteiger charge is -2.19. The molecule has 0 aliphatic carbocycles. The molecule has 0 N–H and O–H groups in total. The lowest BCUT2D eigenvalue weighted by molar-refractivity contribution is -0.154. The van der Waals surface area contributed by atoms with Gasteiger partial charge in [-0.1, -0.05) is 38.1 Å². The SMILES string of the molecule is CC(C)CCn1ccc(-c2ccc(CCC(=O)OC(C)(C)C)cc2)c(C#N)c1=O. The first-order valence-electron chi connectivity index (χ1n) is 10.1. The zero-order valence-electron chi connectivity index (χ0n) is 18.0. The second-order valence-corrected chi connectivity index (χ2v) is 8.68. The summed E-state index contributed by atoms with van der Waals surface area (Å²) in [6, 6.07) is 11.5. The molecule has 5 nitrogen and oxygen atoms in total. The quantitative estimate of drug-likeness (QED) is 0.638. The van der Waals surface area contributed by atoms with Gasteiger partial charge in [0.15, 0.2) is 0 Å². The number of nitrogens with zero attached hydrogens (tertiary/aromatic N) is 2. The summed E-state index contributed by atoms with van der Waals surface area (Å²) < 4.78 is 6.94. The summed E-state index contributed by atoms with van der Waals surface area (Å²) in [7, 11) is 0. The first kappa shape index (κ1) is 22.4. The number of ether oxygens (including phenoxy) is 1. The topological polar surface area (TPSA) is 72.1 Å². The van der Waals surface area contributed by atoms with E-state index in [-0.39, 0.29) is 17.1 Å². The fourth-order valence-electron chi connectivity index (χ4n) is 2.99. The van der Waals surface area contributed by atoms with E-state index in [1.807, 2.05) is 51.1 Å². The molecule has 0 spiro atoms. The van der Waals surface area contributed by atoms with E-state index in [9.17, 15) is 14.9 Å². The first-order chi connectivity index (χ1) is 13.6. The third-order valence-electron chi connectivity index (χ3n) is 4.53. The Hall–Kier alpha value is -2.87. The number of nitriles is 1. The predicted octanol–water partition coefficient (Wildman–Crippen LogP) is 4.71. The molecule has 0 saturated heterocycles. The molecule has 0 saturated carbocycles. The minimum atomic E-state index is -0.482. The van der Waals surface area contributed by atoms with Gasteiger partial charge in [-0.25, -0.2) is 0 Å². The van der Waals surface area contributed by atoms with E-state index in [0.717, 1.165) is 17.5 Å². The lowest BCUT2D eigenvalue weighted by Crippen LogP contribution is -2.24. The van der Waals surface area contributed by atoms with E-state index in [0.29, 0.717) is 30.9 Å². The van der Waals surface area contributed by atoms with E-state index in [2.05, 4.69) is 19.9 Å². The lowest BCUT2D eigenvalue weighted by atomic mass is 9.99. The molecule has 1 heterocycles. The van der Waals surface area contributed by atoms with Gasteiger partial charge in [-0.05, 0) is 56.7 Å². The molecule has 2 rings (SSSR count). The second-order valence-electron chi connectivity index (χ2n) is 8.68. The molecule has 5 heteroatoms. The van der Waals surface area contributed by atoms with Crippen molar-refractivity contribution in [2.24, 2.45) is 5.92 Å². The van der Waals surface area contributed by atoms with Crippen molar-refractivity contribution in [3.8, 4) is 17.2 Å². The Morgan fingerprint density at radius 2 is 1.83 bits per heavy atom. The predicted molar refractivity (Wildman–Crippen MR) is 114 cm³/mol. The average molecular weight is 395 g/mol. The van der Waals surface area contributed by atoms with Crippen molar-refractivity contribution in [2.45, 2.75) is 66.0 Å². The zero-order valence-corrected chi connectivity index (χ0v) is 18.0. The monoisotopic (exact) mass is 394 g/mol. The Morgan fingerprint density at radius 3 is 2.38 bits per heavy atom. The standard InChI is InChI=1S/C24H30N2O3/c1-17(2)12-14-26-15-13-20(21(16-25)23(26)28)19-9-6-18(7-10-19)8-11-22(27)29-24(3,4)5/h6-7,9-10,13,15,17H,8,11-12,14H2,1-5H3. The third-order valence-corrected chi connectivity index (χ3v) is 4.53. The van der Waals surface area contributed by atoms with Gasteiger partial charge in [-0.3, -0.25) is 9.59 Å². The Labute approximate surface area is 172 Å². The minimum absolute atomic E-state index is 0.165. The van der Waals surface area contributed by atoms with Crippen LogP contribution in [-0.2, 0) is 22.5 Å². The van der Waals surface area contributed by atoms with Crippen LogP contribution in [0.1, 0.15) is 58.6 Å². The molecule has 154 valence electrons. The molecule has 0 radical (unpaired) electrons. The number of carbonyl (C=O) groups excluding carboxylic acids is 1. The number of pyridine rings is 1. The summed E-state index contributed by atoms with van der Waals surface area (Å²) in [6.07, 6.45) is 3.54. The normalized spacial score (nSPS) is 11.3. The molecule has 29 heavy (non-hydrogen) atoms. The number of esters is 1. The molecule has 0 aliphatic rings. The number of carbonyl (C=O) groups is 1. The summed E-state index contributed by atoms with van der Waals surface area (Å²) >= 11 is 0. The fourth-order valence-corrected chi connectivity index (χ4v) is 2.99. The maximum atomic E-state index is 12.7. The molecule has 0 aliphatic heterocycles. The molecule has 0 amide bonds. The summed E-state index contributed by atoms with van der Waals surface area (Å²) in [5.41, 5.74) is 1.89. The summed E-state index contributed by atoms with van der Waals surface area (Å²) in [5, 5.41) is 9.54. The van der Waals surface area contributed by atoms with E-state index >= 15 is 0 Å². The second kappa shape index (κ2) is 9.56. The number of hydrogen-bond acceptors (Lipinski definition) is 4. The van der Waals surface area contributed by atoms with Gasteiger partial charge in [0.1, 0.15) is 17.2 Å². The number of aromatic nitrogens is 1. The highest BCUT2D eigenvalue weighted by Gasteiger charge is 2.16. The molecule has 1 aromatic heterocycles. The zero-order chi connectivity index (χ0) is 21.6. The van der Waals surface area contributed by atoms with Crippen LogP contribution >= 0.6 is 0 Å². The molecule has 0 bridgehead atoms. The molecule has 1 aromatic carbocycles. The van der Waals surface area contributed by atoms with Gasteiger partial charge in [0.25, 0.3) is 5.56 Å². The van der Waals surface area contributed by atoms with Crippen LogP contribution in [-0.4, -0.2) is 16.1 Å². The number of aryl methyl sites for hydroxylation is 2. The fraction of sp³-hybridized carbons (Fsp3) is 0.458. The Morgan fingerprint density at radius 1 is 1.17 bits per heavy atom. The van der Waals surface area contributed by atoms with Crippen molar-refractivity contribution >= 4 is 5.97 Å². The van der Waals surface area contributed by atoms with Crippen LogP contribution in [0, 0.1) is 17.2 Å². The Kier molecular flexibility index (Phi) is 7.39. The summed E-state index contributed by atoms with van der Waals surface area (Å²) in [6.45, 7) is 10.4. The van der Waals surface area contributed by atoms with Crippen LogP contribution < -0.4 is 5.56 Å². The van der Waals surface area contributed by atoms with Crippen LogP contribution in [0.5, 0.6) is 0 Å². The van der Waals surface area contributed by atoms with E-state index in [1.54, 1.807) is 10.8 Å². The van der Waals surface area contributed by atoms with E-state index in [4.69, 9.17) is 4.74 Å². The first-order valence-corrected chi connectivity index (χ1v) is 10.1. The van der Waals surface area contributed by atoms with Crippen LogP contribution in [0.3, 0.4) is 0 Å². The van der Waals surface area contributed by atoms with Crippen LogP contribution in [0.2, 0.25) is 0 Å². The number of rotatable bonds is 7. The van der Waals surface area contributed by atoms with Crippen molar-refractivity contribution < 1.29 is 9.53 Å². The van der Waals surface area contributed by atoms with Crippen molar-refractivity contribution in [1.82, 2.24) is 4.57 Å². The molecule has 2 aromatic rings. The molecular formula is C24H30N2O3. The average Bonchev–Trinajstić information content (AvgIpc) is 2.64. The number of benzene rings is 1. The van der Waals surface area contributed by atoms with E-state index in [1.165, 1.54) is 0 Å². The van der Waals surface area contributed by atoms with Gasteiger partial charge < -0.3 is 9.30 Å². The largest absolute Gasteiger partial charge is 0.460 e. The Balaban J connectivity index is 2.15. The van der Waals surface area contributed by atoms with Gasteiger partial charge in [0.2, 0.25) is 0 Å². The maximum Gasteiger partial charge on any atom is 0.306 e. The smallest absolute Gasteiger partial charge is 0.306 e. The maximum absolute atomic E-state index is 12.7. The van der Waals surface area contributed by atoms with Crippen LogP contribution in [0.15, 0.2) is 41.3 Å². The van der Waals surface area contributed by atoms with Crippen LogP contribution in [0.4, 0.5) is 0 Å². The van der Waals surface area contributed by atoms with Gasteiger partial charge >= 0.3 is 5.97 Å². The molecule has 0 atom stereocenters. The van der Waals surface area contributed by atoms with Crippen molar-refractivity contribution in [2.75, 3.05) is 0 Å².